The van der Waals surface area contributed by atoms with Crippen molar-refractivity contribution in [2.75, 3.05) is 45.9 Å². The smallest absolute Gasteiger partial charge is 0.305 e. The van der Waals surface area contributed by atoms with Crippen molar-refractivity contribution in [1.29, 1.82) is 0 Å². The lowest BCUT2D eigenvalue weighted by Crippen LogP contribution is -2.38. The van der Waals surface area contributed by atoms with Gasteiger partial charge in [-0.1, -0.05) is 20.3 Å². The van der Waals surface area contributed by atoms with Gasteiger partial charge in [0, 0.05) is 33.1 Å². The van der Waals surface area contributed by atoms with E-state index in [0.717, 1.165) is 38.2 Å². The number of aromatic amines is 1. The molecule has 2 fully saturated rings. The molecule has 12 nitrogen and oxygen atoms in total. The van der Waals surface area contributed by atoms with E-state index in [9.17, 15) is 18.0 Å². The molecule has 2 saturated heterocycles. The summed E-state index contributed by atoms with van der Waals surface area (Å²) >= 11 is 0. The molecule has 0 spiro atoms. The summed E-state index contributed by atoms with van der Waals surface area (Å²) in [6.45, 7) is 8.57. The number of carbonyl (C=O) groups is 1. The Hall–Kier alpha value is -3.29. The summed E-state index contributed by atoms with van der Waals surface area (Å²) in [5.41, 5.74) is 1.67. The van der Waals surface area contributed by atoms with E-state index in [4.69, 9.17) is 14.5 Å². The minimum absolute atomic E-state index is 0.115. The van der Waals surface area contributed by atoms with Crippen molar-refractivity contribution in [2.45, 2.75) is 76.5 Å². The molecule has 13 heteroatoms. The number of ether oxygens (including phenoxy) is 2. The number of carbonyl (C=O) groups excluding carboxylic acids is 1. The van der Waals surface area contributed by atoms with Crippen LogP contribution in [0.1, 0.15) is 70.9 Å². The molecule has 0 unspecified atom stereocenters. The molecule has 0 amide bonds. The van der Waals surface area contributed by atoms with Crippen molar-refractivity contribution >= 4 is 27.0 Å². The molecule has 1 aromatic carbocycles. The van der Waals surface area contributed by atoms with Gasteiger partial charge >= 0.3 is 5.97 Å². The maximum Gasteiger partial charge on any atom is 0.305 e. The number of likely N-dealkylation sites (tertiary alicyclic amines) is 1. The number of aryl methyl sites for hydroxylation is 2. The number of esters is 1. The average molecular weight is 643 g/mol. The third-order valence-electron chi connectivity index (χ3n) is 8.75. The van der Waals surface area contributed by atoms with Gasteiger partial charge in [0.05, 0.1) is 22.8 Å². The number of sulfonamides is 1. The van der Waals surface area contributed by atoms with Crippen LogP contribution in [0.25, 0.3) is 22.4 Å². The van der Waals surface area contributed by atoms with Gasteiger partial charge in [-0.3, -0.25) is 19.2 Å². The van der Waals surface area contributed by atoms with Crippen LogP contribution in [-0.2, 0) is 33.0 Å². The predicted molar refractivity (Wildman–Crippen MR) is 172 cm³/mol. The number of piperidine rings is 1. The van der Waals surface area contributed by atoms with Crippen LogP contribution in [0.2, 0.25) is 0 Å². The molecule has 1 N–H and O–H groups in total. The third-order valence-corrected chi connectivity index (χ3v) is 10.6. The van der Waals surface area contributed by atoms with Crippen molar-refractivity contribution in [1.82, 2.24) is 29.0 Å². The Labute approximate surface area is 265 Å². The molecule has 4 heterocycles. The molecule has 0 bridgehead atoms. The lowest BCUT2D eigenvalue weighted by Gasteiger charge is -2.31. The van der Waals surface area contributed by atoms with Crippen molar-refractivity contribution in [3.05, 3.63) is 34.2 Å². The minimum Gasteiger partial charge on any atom is -0.493 e. The predicted octanol–water partition coefficient (Wildman–Crippen LogP) is 3.88. The van der Waals surface area contributed by atoms with E-state index >= 15 is 0 Å². The summed E-state index contributed by atoms with van der Waals surface area (Å²) < 4.78 is 42.1. The minimum atomic E-state index is -3.82. The molecule has 2 aliphatic rings. The first-order valence-corrected chi connectivity index (χ1v) is 17.8. The summed E-state index contributed by atoms with van der Waals surface area (Å²) in [5.74, 6) is 0.776. The van der Waals surface area contributed by atoms with Crippen LogP contribution in [0.3, 0.4) is 0 Å². The normalized spacial score (nSPS) is 16.9. The molecule has 0 radical (unpaired) electrons. The summed E-state index contributed by atoms with van der Waals surface area (Å²) in [4.78, 5) is 35.4. The van der Waals surface area contributed by atoms with Crippen LogP contribution < -0.4 is 10.3 Å². The van der Waals surface area contributed by atoms with E-state index < -0.39 is 10.0 Å². The molecular formula is C32H46N6O6S. The highest BCUT2D eigenvalue weighted by Gasteiger charge is 2.31. The van der Waals surface area contributed by atoms with E-state index in [-0.39, 0.29) is 28.2 Å². The Kier molecular flexibility index (Phi) is 10.9. The van der Waals surface area contributed by atoms with E-state index in [1.54, 1.807) is 25.2 Å². The first kappa shape index (κ1) is 33.1. The first-order valence-electron chi connectivity index (χ1n) is 16.3. The van der Waals surface area contributed by atoms with Gasteiger partial charge in [-0.15, -0.1) is 0 Å². The fourth-order valence-corrected chi connectivity index (χ4v) is 7.74. The molecular weight excluding hydrogens is 596 g/mol. The van der Waals surface area contributed by atoms with Crippen LogP contribution in [0.4, 0.5) is 0 Å². The Morgan fingerprint density at radius 1 is 1.07 bits per heavy atom. The van der Waals surface area contributed by atoms with Gasteiger partial charge in [0.25, 0.3) is 5.56 Å². The van der Waals surface area contributed by atoms with Crippen molar-refractivity contribution < 1.29 is 22.7 Å². The third kappa shape index (κ3) is 7.75. The Bertz CT molecular complexity index is 1640. The standard InChI is InChI=1S/C32H46N6O6S/c1-4-8-26-29-30(36(3)35-26)32(40)34-31(33-29)25-22-24(10-11-27(25)43-20-5-2)45(41,42)38-17-13-23(14-18-38)9-12-28(39)44-21-19-37-15-6-7-16-37/h10-11,22-23H,4-9,12-21H2,1-3H3,(H,33,34,40). The Morgan fingerprint density at radius 3 is 2.53 bits per heavy atom. The zero-order valence-electron chi connectivity index (χ0n) is 26.7. The fraction of sp³-hybridized carbons (Fsp3) is 0.625. The fourth-order valence-electron chi connectivity index (χ4n) is 6.25. The number of nitrogens with one attached hydrogen (secondary N) is 1. The van der Waals surface area contributed by atoms with E-state index in [1.165, 1.54) is 21.8 Å². The highest BCUT2D eigenvalue weighted by molar-refractivity contribution is 7.89. The number of H-pyrrole nitrogens is 1. The van der Waals surface area contributed by atoms with Crippen molar-refractivity contribution in [3.63, 3.8) is 0 Å². The monoisotopic (exact) mass is 642 g/mol. The van der Waals surface area contributed by atoms with Gasteiger partial charge in [0.2, 0.25) is 10.0 Å². The number of rotatable bonds is 14. The highest BCUT2D eigenvalue weighted by atomic mass is 32.2. The largest absolute Gasteiger partial charge is 0.493 e. The van der Waals surface area contributed by atoms with Gasteiger partial charge in [0.15, 0.2) is 5.52 Å². The van der Waals surface area contributed by atoms with Gasteiger partial charge in [-0.05, 0) is 82.2 Å². The second kappa shape index (κ2) is 14.9. The molecule has 45 heavy (non-hydrogen) atoms. The highest BCUT2D eigenvalue weighted by Crippen LogP contribution is 2.34. The quantitative estimate of drug-likeness (QED) is 0.260. The number of hydrogen-bond donors (Lipinski definition) is 1. The second-order valence-corrected chi connectivity index (χ2v) is 14.0. The summed E-state index contributed by atoms with van der Waals surface area (Å²) in [6, 6.07) is 4.74. The molecule has 0 saturated carbocycles. The molecule has 2 aromatic heterocycles. The topological polar surface area (TPSA) is 140 Å². The lowest BCUT2D eigenvalue weighted by atomic mass is 9.93. The molecule has 5 rings (SSSR count). The van der Waals surface area contributed by atoms with E-state index in [0.29, 0.717) is 80.8 Å². The molecule has 0 aliphatic carbocycles. The molecule has 246 valence electrons. The average Bonchev–Trinajstić information content (AvgIpc) is 3.67. The van der Waals surface area contributed by atoms with Crippen LogP contribution >= 0.6 is 0 Å². The van der Waals surface area contributed by atoms with Gasteiger partial charge in [-0.2, -0.15) is 9.40 Å². The number of nitrogens with zero attached hydrogens (tertiary/aromatic N) is 5. The van der Waals surface area contributed by atoms with Crippen molar-refractivity contribution in [2.24, 2.45) is 13.0 Å². The Balaban J connectivity index is 1.28. The molecule has 2 aliphatic heterocycles. The number of benzene rings is 1. The number of hydrogen-bond acceptors (Lipinski definition) is 9. The van der Waals surface area contributed by atoms with E-state index in [2.05, 4.69) is 15.0 Å². The number of fused-ring (bicyclic) bond motifs is 1. The maximum absolute atomic E-state index is 13.8. The van der Waals surface area contributed by atoms with Gasteiger partial charge in [-0.25, -0.2) is 13.4 Å². The maximum atomic E-state index is 13.8. The van der Waals surface area contributed by atoms with Crippen LogP contribution in [0.15, 0.2) is 27.9 Å². The van der Waals surface area contributed by atoms with Gasteiger partial charge < -0.3 is 14.5 Å². The van der Waals surface area contributed by atoms with E-state index in [1.807, 2.05) is 13.8 Å². The van der Waals surface area contributed by atoms with Crippen LogP contribution in [-0.4, -0.2) is 89.3 Å². The van der Waals surface area contributed by atoms with Crippen molar-refractivity contribution in [3.8, 4) is 17.1 Å². The zero-order chi connectivity index (χ0) is 32.0. The molecule has 3 aromatic rings. The van der Waals surface area contributed by atoms with Gasteiger partial charge in [0.1, 0.15) is 23.7 Å². The summed E-state index contributed by atoms with van der Waals surface area (Å²) in [5, 5.41) is 4.49. The zero-order valence-corrected chi connectivity index (χ0v) is 27.5. The van der Waals surface area contributed by atoms with Crippen LogP contribution in [0, 0.1) is 5.92 Å². The lowest BCUT2D eigenvalue weighted by molar-refractivity contribution is -0.144. The summed E-state index contributed by atoms with van der Waals surface area (Å²) in [7, 11) is -2.11. The summed E-state index contributed by atoms with van der Waals surface area (Å²) in [6.07, 6.45) is 7.09. The second-order valence-electron chi connectivity index (χ2n) is 12.1. The number of aromatic nitrogens is 4. The molecule has 0 atom stereocenters. The SMILES string of the molecule is CCCOc1ccc(S(=O)(=O)N2CCC(CCC(=O)OCCN3CCCC3)CC2)cc1-c1nc2c(CCC)nn(C)c2c(=O)[nH]1. The Morgan fingerprint density at radius 2 is 1.82 bits per heavy atom. The van der Waals surface area contributed by atoms with Crippen LogP contribution in [0.5, 0.6) is 5.75 Å². The first-order chi connectivity index (χ1) is 21.7.